The minimum Gasteiger partial charge on any atom is -0.494 e. The minimum atomic E-state index is -4.60. The number of alkyl halides is 9. The molecule has 0 N–H and O–H groups in total. The molecular weight excluding hydrogens is 1840 g/mol. The maximum Gasteiger partial charge on any atom is 0.442 e. The fraction of sp³-hybridized carbons (Fsp3) is 0.650. The first-order chi connectivity index (χ1) is 70.3. The van der Waals surface area contributed by atoms with E-state index in [9.17, 15) is 39.5 Å². The molecule has 6 aromatic carbocycles. The Kier molecular flexibility index (Phi) is 53.2. The number of halogens is 9. The molecule has 4 aliphatic rings. The summed E-state index contributed by atoms with van der Waals surface area (Å²) in [5, 5.41) is 20.1. The summed E-state index contributed by atoms with van der Waals surface area (Å²) in [5.41, 5.74) is -3.57. The van der Waals surface area contributed by atoms with Crippen molar-refractivity contribution < 1.29 is 82.1 Å². The van der Waals surface area contributed by atoms with Crippen molar-refractivity contribution in [2.45, 2.75) is 442 Å². The highest BCUT2D eigenvalue weighted by Gasteiger charge is 2.67. The lowest BCUT2D eigenvalue weighted by atomic mass is 10.0. The van der Waals surface area contributed by atoms with Gasteiger partial charge in [0.2, 0.25) is 0 Å². The van der Waals surface area contributed by atoms with Gasteiger partial charge in [0, 0.05) is 86.5 Å². The van der Waals surface area contributed by atoms with Crippen molar-refractivity contribution in [2.75, 3.05) is 59.5 Å². The Morgan fingerprint density at radius 3 is 0.465 bits per heavy atom. The van der Waals surface area contributed by atoms with Crippen LogP contribution < -0.4 is 42.6 Å². The molecule has 1 aliphatic carbocycles. The number of hydrogen-bond acceptors (Lipinski definition) is 15. The maximum absolute atomic E-state index is 13.8. The lowest BCUT2D eigenvalue weighted by Gasteiger charge is -2.16. The summed E-state index contributed by atoms with van der Waals surface area (Å²) in [6.45, 7) is 10.9. The van der Waals surface area contributed by atoms with Crippen molar-refractivity contribution in [3.63, 3.8) is 0 Å². The standard InChI is InChI=1S/C120H165F9N6O9/c1-4-7-10-13-16-19-22-25-28-40-49-58-82-139-109-88-97-73-76-101-92-113(143-86-62-53-44-35-32-38-47-56-80-137-107-71-65-68-104(95-107)116(132-133-116)119(124,125)126)111(141-84-60-51-42-30-27-24-21-18-15-12-9-6-3)90-99(101)75-78-102-93-114(144-87-63-54-45-36-33-39-48-57-81-138-108-72-66-69-105(96-108)117(134-135-117)120(127,128)129)110(140-83-59-50-41-29-26-23-20-17-14-11-8-5-2)89-98(102)74-77-100(97)91-112(109)142-85-61-52-43-34-31-37-46-55-79-136-106-70-64-67-103(94-106)115(130-131-115)118(121,122)123/h64-72,88-96H,4-63,79-87H2,1-3H3. The molecule has 0 spiro atoms. The number of ether oxygens (including phenoxy) is 9. The quantitative estimate of drug-likeness (QED) is 0.0206. The van der Waals surface area contributed by atoms with Gasteiger partial charge in [-0.1, -0.05) is 420 Å². The Hall–Kier alpha value is -9.63. The molecule has 144 heavy (non-hydrogen) atoms. The molecule has 15 nitrogen and oxygen atoms in total. The topological polar surface area (TPSA) is 157 Å². The van der Waals surface area contributed by atoms with E-state index in [1.165, 1.54) is 210 Å². The molecule has 0 unspecified atom stereocenters. The molecule has 0 bridgehead atoms. The monoisotopic (exact) mass is 2010 g/mol. The van der Waals surface area contributed by atoms with Gasteiger partial charge in [0.05, 0.1) is 59.5 Å². The summed E-state index contributed by atoms with van der Waals surface area (Å²) in [7, 11) is 0. The Labute approximate surface area is 855 Å². The van der Waals surface area contributed by atoms with Crippen LogP contribution >= 0.6 is 0 Å². The van der Waals surface area contributed by atoms with Crippen molar-refractivity contribution in [3.8, 4) is 87.3 Å². The Bertz CT molecular complexity index is 4460. The van der Waals surface area contributed by atoms with Crippen molar-refractivity contribution in [2.24, 2.45) is 30.7 Å². The lowest BCUT2D eigenvalue weighted by molar-refractivity contribution is -0.166. The minimum absolute atomic E-state index is 0.0393. The third-order valence-electron chi connectivity index (χ3n) is 27.5. The Balaban J connectivity index is 0.868. The molecule has 3 aliphatic heterocycles. The van der Waals surface area contributed by atoms with Crippen LogP contribution in [0.3, 0.4) is 0 Å². The normalized spacial score (nSPS) is 13.8. The average Bonchev–Trinajstić information content (AvgIpc) is 1.59. The predicted octanol–water partition coefficient (Wildman–Crippen LogP) is 36.7. The third-order valence-corrected chi connectivity index (χ3v) is 27.5. The molecule has 0 atom stereocenters. The fourth-order valence-electron chi connectivity index (χ4n) is 18.4. The summed E-state index contributed by atoms with van der Waals surface area (Å²) < 4.78 is 183. The van der Waals surface area contributed by atoms with Crippen LogP contribution in [0.15, 0.2) is 140 Å². The molecule has 0 radical (unpaired) electrons. The van der Waals surface area contributed by atoms with Crippen LogP contribution in [0.5, 0.6) is 51.7 Å². The van der Waals surface area contributed by atoms with Gasteiger partial charge in [0.1, 0.15) is 17.2 Å². The summed E-state index contributed by atoms with van der Waals surface area (Å²) in [6.07, 6.45) is 53.1. The van der Waals surface area contributed by atoms with E-state index in [2.05, 4.69) is 87.0 Å². The zero-order chi connectivity index (χ0) is 102. The molecule has 0 amide bonds. The maximum atomic E-state index is 13.8. The van der Waals surface area contributed by atoms with Gasteiger partial charge in [-0.15, -0.1) is 30.7 Å². The van der Waals surface area contributed by atoms with Gasteiger partial charge < -0.3 is 42.6 Å². The van der Waals surface area contributed by atoms with Crippen LogP contribution in [0.4, 0.5) is 39.5 Å². The third kappa shape index (κ3) is 41.9. The summed E-state index contributed by atoms with van der Waals surface area (Å²) in [4.78, 5) is 0. The highest BCUT2D eigenvalue weighted by molar-refractivity contribution is 5.68. The van der Waals surface area contributed by atoms with Crippen LogP contribution in [-0.2, 0) is 17.0 Å². The van der Waals surface area contributed by atoms with E-state index in [1.54, 1.807) is 36.4 Å². The van der Waals surface area contributed by atoms with Crippen molar-refractivity contribution >= 4 is 0 Å². The van der Waals surface area contributed by atoms with Crippen LogP contribution in [0.2, 0.25) is 0 Å². The van der Waals surface area contributed by atoms with Gasteiger partial charge in [0.25, 0.3) is 0 Å². The van der Waals surface area contributed by atoms with Crippen LogP contribution in [0.25, 0.3) is 0 Å². The van der Waals surface area contributed by atoms with Gasteiger partial charge in [0.15, 0.2) is 34.5 Å². The zero-order valence-electron chi connectivity index (χ0n) is 86.9. The molecule has 0 saturated heterocycles. The first kappa shape index (κ1) is 116. The molecule has 0 saturated carbocycles. The van der Waals surface area contributed by atoms with Crippen molar-refractivity contribution in [3.05, 3.63) is 159 Å². The second-order valence-electron chi connectivity index (χ2n) is 39.8. The van der Waals surface area contributed by atoms with E-state index in [0.29, 0.717) is 145 Å². The van der Waals surface area contributed by atoms with E-state index in [0.717, 1.165) is 212 Å². The van der Waals surface area contributed by atoms with E-state index < -0.39 is 35.5 Å². The summed E-state index contributed by atoms with van der Waals surface area (Å²) in [5.74, 6) is 26.4. The van der Waals surface area contributed by atoms with Gasteiger partial charge in [-0.2, -0.15) is 39.5 Å². The van der Waals surface area contributed by atoms with Crippen LogP contribution in [0, 0.1) is 35.5 Å². The second-order valence-corrected chi connectivity index (χ2v) is 39.8. The van der Waals surface area contributed by atoms with Gasteiger partial charge in [-0.25, -0.2) is 0 Å². The Morgan fingerprint density at radius 2 is 0.326 bits per heavy atom. The van der Waals surface area contributed by atoms with E-state index in [1.807, 2.05) is 36.4 Å². The lowest BCUT2D eigenvalue weighted by Crippen LogP contribution is -2.30. The number of fused-ring (bicyclic) bond motifs is 3. The molecule has 24 heteroatoms. The second kappa shape index (κ2) is 65.9. The number of hydrogen-bond donors (Lipinski definition) is 0. The van der Waals surface area contributed by atoms with E-state index >= 15 is 0 Å². The molecule has 0 fully saturated rings. The van der Waals surface area contributed by atoms with Crippen LogP contribution in [0.1, 0.15) is 456 Å². The number of rotatable bonds is 84. The van der Waals surface area contributed by atoms with Gasteiger partial charge >= 0.3 is 35.5 Å². The van der Waals surface area contributed by atoms with Crippen molar-refractivity contribution in [1.29, 1.82) is 0 Å². The first-order valence-electron chi connectivity index (χ1n) is 55.9. The first-order valence-corrected chi connectivity index (χ1v) is 55.9. The van der Waals surface area contributed by atoms with E-state index in [4.69, 9.17) is 42.6 Å². The predicted molar refractivity (Wildman–Crippen MR) is 558 cm³/mol. The van der Waals surface area contributed by atoms with Gasteiger partial charge in [-0.3, -0.25) is 0 Å². The van der Waals surface area contributed by atoms with Gasteiger partial charge in [-0.05, 0) is 94.2 Å². The Morgan fingerprint density at radius 1 is 0.188 bits per heavy atom. The number of nitrogens with zero attached hydrogens (tertiary/aromatic N) is 6. The summed E-state index contributed by atoms with van der Waals surface area (Å²) in [6, 6.07) is 30.0. The highest BCUT2D eigenvalue weighted by Crippen LogP contribution is 2.56. The molecule has 0 aromatic heterocycles. The molecule has 6 aromatic rings. The van der Waals surface area contributed by atoms with Crippen molar-refractivity contribution in [1.82, 2.24) is 0 Å². The average molecular weight is 2010 g/mol. The van der Waals surface area contributed by atoms with E-state index in [-0.39, 0.29) is 16.7 Å². The zero-order valence-corrected chi connectivity index (χ0v) is 86.9. The van der Waals surface area contributed by atoms with Crippen LogP contribution in [-0.4, -0.2) is 78.0 Å². The fourth-order valence-corrected chi connectivity index (χ4v) is 18.4. The molecule has 3 heterocycles. The largest absolute Gasteiger partial charge is 0.494 e. The smallest absolute Gasteiger partial charge is 0.442 e. The molecule has 10 rings (SSSR count). The molecular formula is C120H165F9N6O9. The SMILES string of the molecule is CCCCCCCCCCCCCCOc1cc2c(cc1OCCCCCCCCCCOc1cccc(C3(C(F)(F)F)N=N3)c1)C#Cc1cc(OCCCCCCCCCCCCCC)c(OCCCCCCCCCCOc3cccc(C4(C(F)(F)F)N=N4)c3)cc1C#Cc1cc(OCCCCCCCCCCCCCC)c(OCCCCCCCCCCOc3cccc(C4(C(F)(F)F)N=N4)c3)cc1C#C2. The molecule has 792 valence electrons. The number of benzene rings is 6. The highest BCUT2D eigenvalue weighted by atomic mass is 19.4. The number of unbranched alkanes of at least 4 members (excludes halogenated alkanes) is 54. The summed E-state index contributed by atoms with van der Waals surface area (Å²) >= 11 is 0.